The first-order valence-corrected chi connectivity index (χ1v) is 10.2. The van der Waals surface area contributed by atoms with Gasteiger partial charge in [-0.05, 0) is 49.7 Å². The number of carbonyl (C=O) groups excluding carboxylic acids is 1. The van der Waals surface area contributed by atoms with Crippen molar-refractivity contribution in [2.45, 2.75) is 20.3 Å². The van der Waals surface area contributed by atoms with Crippen LogP contribution in [0.5, 0.6) is 5.75 Å². The van der Waals surface area contributed by atoms with Gasteiger partial charge in [-0.1, -0.05) is 30.7 Å². The van der Waals surface area contributed by atoms with Crippen molar-refractivity contribution < 1.29 is 13.9 Å². The van der Waals surface area contributed by atoms with Crippen LogP contribution in [0.4, 0.5) is 10.1 Å². The molecule has 0 fully saturated rings. The number of fused-ring (bicyclic) bond motifs is 1. The Kier molecular flexibility index (Phi) is 5.86. The van der Waals surface area contributed by atoms with Crippen molar-refractivity contribution in [3.63, 3.8) is 0 Å². The Morgan fingerprint density at radius 2 is 2.00 bits per heavy atom. The Hall–Kier alpha value is -3.45. The third-order valence-corrected chi connectivity index (χ3v) is 4.99. The molecule has 0 spiro atoms. The van der Waals surface area contributed by atoms with Crippen molar-refractivity contribution in [2.75, 3.05) is 11.9 Å². The number of halogens is 2. The molecule has 0 radical (unpaired) electrons. The molecule has 0 aliphatic rings. The number of ether oxygens (including phenoxy) is 1. The van der Waals surface area contributed by atoms with Crippen LogP contribution in [0.25, 0.3) is 16.8 Å². The van der Waals surface area contributed by atoms with E-state index in [0.29, 0.717) is 34.5 Å². The number of rotatable bonds is 6. The smallest absolute Gasteiger partial charge is 0.258 e. The molecule has 2 aromatic heterocycles. The highest BCUT2D eigenvalue weighted by Crippen LogP contribution is 2.35. The van der Waals surface area contributed by atoms with Crippen molar-refractivity contribution >= 4 is 28.8 Å². The van der Waals surface area contributed by atoms with Crippen LogP contribution in [-0.4, -0.2) is 27.1 Å². The average Bonchev–Trinajstić information content (AvgIpc) is 3.14. The number of anilines is 1. The molecule has 1 N–H and O–H groups in total. The second kappa shape index (κ2) is 8.73. The van der Waals surface area contributed by atoms with Crippen molar-refractivity contribution in [3.8, 4) is 16.9 Å². The highest BCUT2D eigenvalue weighted by atomic mass is 35.5. The van der Waals surface area contributed by atoms with E-state index in [1.807, 2.05) is 19.2 Å². The van der Waals surface area contributed by atoms with Crippen LogP contribution in [0.15, 0.2) is 54.7 Å². The van der Waals surface area contributed by atoms with Crippen LogP contribution < -0.4 is 10.1 Å². The minimum atomic E-state index is -0.602. The number of nitrogens with one attached hydrogen (secondary N) is 1. The number of aryl methyl sites for hydroxylation is 1. The van der Waals surface area contributed by atoms with Crippen LogP contribution in [0.3, 0.4) is 0 Å². The zero-order chi connectivity index (χ0) is 22.0. The van der Waals surface area contributed by atoms with Crippen LogP contribution in [0.1, 0.15) is 29.5 Å². The van der Waals surface area contributed by atoms with E-state index >= 15 is 0 Å². The van der Waals surface area contributed by atoms with Crippen LogP contribution in [-0.2, 0) is 0 Å². The van der Waals surface area contributed by atoms with Gasteiger partial charge in [0.2, 0.25) is 0 Å². The predicted octanol–water partition coefficient (Wildman–Crippen LogP) is 5.54. The van der Waals surface area contributed by atoms with Gasteiger partial charge in [0.25, 0.3) is 5.91 Å². The van der Waals surface area contributed by atoms with E-state index in [2.05, 4.69) is 15.5 Å². The summed E-state index contributed by atoms with van der Waals surface area (Å²) < 4.78 is 21.7. The zero-order valence-corrected chi connectivity index (χ0v) is 17.8. The third kappa shape index (κ3) is 4.22. The van der Waals surface area contributed by atoms with Crippen molar-refractivity contribution in [3.05, 3.63) is 77.0 Å². The molecule has 158 valence electrons. The molecule has 2 heterocycles. The summed E-state index contributed by atoms with van der Waals surface area (Å²) in [6.45, 7) is 4.39. The number of nitrogens with zero attached hydrogens (tertiary/aromatic N) is 3. The van der Waals surface area contributed by atoms with Gasteiger partial charge in [0.1, 0.15) is 17.4 Å². The lowest BCUT2D eigenvalue weighted by molar-refractivity contribution is 0.102. The molecule has 0 bridgehead atoms. The normalized spacial score (nSPS) is 11.0. The monoisotopic (exact) mass is 438 g/mol. The van der Waals surface area contributed by atoms with E-state index in [-0.39, 0.29) is 5.56 Å². The summed E-state index contributed by atoms with van der Waals surface area (Å²) in [5.41, 5.74) is 2.29. The van der Waals surface area contributed by atoms with Gasteiger partial charge in [-0.25, -0.2) is 4.39 Å². The van der Waals surface area contributed by atoms with E-state index in [4.69, 9.17) is 16.3 Å². The van der Waals surface area contributed by atoms with E-state index in [1.165, 1.54) is 18.2 Å². The molecule has 0 saturated carbocycles. The molecule has 4 rings (SSSR count). The Balaban J connectivity index is 1.83. The maximum Gasteiger partial charge on any atom is 0.258 e. The summed E-state index contributed by atoms with van der Waals surface area (Å²) in [7, 11) is 0. The topological polar surface area (TPSA) is 68.5 Å². The summed E-state index contributed by atoms with van der Waals surface area (Å²) in [5.74, 6) is 0.125. The third-order valence-electron chi connectivity index (χ3n) is 4.76. The number of amides is 1. The largest absolute Gasteiger partial charge is 0.493 e. The first-order chi connectivity index (χ1) is 15.0. The lowest BCUT2D eigenvalue weighted by Crippen LogP contribution is -2.14. The molecule has 0 aliphatic carbocycles. The van der Waals surface area contributed by atoms with Gasteiger partial charge in [0.15, 0.2) is 5.65 Å². The zero-order valence-electron chi connectivity index (χ0n) is 17.0. The molecule has 31 heavy (non-hydrogen) atoms. The lowest BCUT2D eigenvalue weighted by atomic mass is 10.1. The van der Waals surface area contributed by atoms with Crippen LogP contribution in [0, 0.1) is 12.7 Å². The minimum Gasteiger partial charge on any atom is -0.493 e. The standard InChI is InChI=1S/C23H20ClFN4O2/c1-3-10-31-21-9-8-16(24)12-18(21)15-11-20(22-28-27-14(2)29(22)13-15)26-23(30)17-6-4-5-7-19(17)25/h4-9,11-13H,3,10H2,1-2H3,(H,26,30). The first kappa shape index (κ1) is 20.8. The number of hydrogen-bond donors (Lipinski definition) is 1. The molecular weight excluding hydrogens is 419 g/mol. The quantitative estimate of drug-likeness (QED) is 0.429. The highest BCUT2D eigenvalue weighted by molar-refractivity contribution is 6.31. The number of aromatic nitrogens is 3. The van der Waals surface area contributed by atoms with Crippen molar-refractivity contribution in [1.82, 2.24) is 14.6 Å². The SMILES string of the molecule is CCCOc1ccc(Cl)cc1-c1cc(NC(=O)c2ccccc2F)c2nnc(C)n2c1. The van der Waals surface area contributed by atoms with Crippen molar-refractivity contribution in [1.29, 1.82) is 0 Å². The average molecular weight is 439 g/mol. The second-order valence-corrected chi connectivity index (χ2v) is 7.44. The van der Waals surface area contributed by atoms with Gasteiger partial charge in [-0.3, -0.25) is 9.20 Å². The predicted molar refractivity (Wildman–Crippen MR) is 118 cm³/mol. The summed E-state index contributed by atoms with van der Waals surface area (Å²) in [6, 6.07) is 12.9. The van der Waals surface area contributed by atoms with Crippen molar-refractivity contribution in [2.24, 2.45) is 0 Å². The molecule has 0 unspecified atom stereocenters. The lowest BCUT2D eigenvalue weighted by Gasteiger charge is -2.14. The van der Waals surface area contributed by atoms with E-state index in [1.54, 1.807) is 35.6 Å². The fourth-order valence-electron chi connectivity index (χ4n) is 3.24. The van der Waals surface area contributed by atoms with Gasteiger partial charge in [-0.15, -0.1) is 10.2 Å². The summed E-state index contributed by atoms with van der Waals surface area (Å²) >= 11 is 6.25. The fraction of sp³-hybridized carbons (Fsp3) is 0.174. The number of hydrogen-bond acceptors (Lipinski definition) is 4. The fourth-order valence-corrected chi connectivity index (χ4v) is 3.42. The highest BCUT2D eigenvalue weighted by Gasteiger charge is 2.17. The molecule has 4 aromatic rings. The number of benzene rings is 2. The second-order valence-electron chi connectivity index (χ2n) is 7.01. The van der Waals surface area contributed by atoms with Crippen LogP contribution >= 0.6 is 11.6 Å². The molecule has 0 saturated heterocycles. The van der Waals surface area contributed by atoms with Gasteiger partial charge < -0.3 is 10.1 Å². The molecular formula is C23H20ClFN4O2. The molecule has 8 heteroatoms. The molecule has 0 aliphatic heterocycles. The molecule has 1 amide bonds. The van der Waals surface area contributed by atoms with E-state index in [9.17, 15) is 9.18 Å². The first-order valence-electron chi connectivity index (χ1n) is 9.82. The summed E-state index contributed by atoms with van der Waals surface area (Å²) in [4.78, 5) is 12.7. The summed E-state index contributed by atoms with van der Waals surface area (Å²) in [6.07, 6.45) is 2.71. The molecule has 0 atom stereocenters. The van der Waals surface area contributed by atoms with Gasteiger partial charge >= 0.3 is 0 Å². The Labute approximate surface area is 183 Å². The van der Waals surface area contributed by atoms with Gasteiger partial charge in [0, 0.05) is 22.3 Å². The minimum absolute atomic E-state index is 0.0583. The number of carbonyl (C=O) groups is 1. The van der Waals surface area contributed by atoms with Crippen LogP contribution in [0.2, 0.25) is 5.02 Å². The number of pyridine rings is 1. The van der Waals surface area contributed by atoms with E-state index < -0.39 is 11.7 Å². The maximum absolute atomic E-state index is 14.1. The van der Waals surface area contributed by atoms with Gasteiger partial charge in [-0.2, -0.15) is 0 Å². The summed E-state index contributed by atoms with van der Waals surface area (Å²) in [5, 5.41) is 11.6. The maximum atomic E-state index is 14.1. The van der Waals surface area contributed by atoms with E-state index in [0.717, 1.165) is 17.5 Å². The van der Waals surface area contributed by atoms with Gasteiger partial charge in [0.05, 0.1) is 17.9 Å². The Morgan fingerprint density at radius 1 is 1.19 bits per heavy atom. The molecule has 2 aromatic carbocycles. The molecule has 6 nitrogen and oxygen atoms in total. The Bertz CT molecular complexity index is 1270. The Morgan fingerprint density at radius 3 is 2.77 bits per heavy atom.